The van der Waals surface area contributed by atoms with Crippen LogP contribution in [0.2, 0.25) is 0 Å². The Hall–Kier alpha value is -2.63. The van der Waals surface area contributed by atoms with E-state index in [0.717, 1.165) is 5.39 Å². The van der Waals surface area contributed by atoms with Crippen molar-refractivity contribution in [2.24, 2.45) is 0 Å². The predicted molar refractivity (Wildman–Crippen MR) is 79.9 cm³/mol. The number of carbonyl (C=O) groups excluding carboxylic acids is 2. The molecule has 0 unspecified atom stereocenters. The molecule has 1 aromatic heterocycles. The molecule has 0 bridgehead atoms. The zero-order chi connectivity index (χ0) is 15.4. The van der Waals surface area contributed by atoms with E-state index in [1.807, 2.05) is 6.07 Å². The summed E-state index contributed by atoms with van der Waals surface area (Å²) in [7, 11) is 1.31. The minimum absolute atomic E-state index is 0.119. The van der Waals surface area contributed by atoms with Gasteiger partial charge in [0, 0.05) is 28.7 Å². The largest absolute Gasteiger partial charge is 0.469 e. The molecule has 0 saturated heterocycles. The van der Waals surface area contributed by atoms with E-state index in [1.54, 1.807) is 25.1 Å². The fraction of sp³-hybridized carbons (Fsp3) is 0.267. The number of fused-ring (bicyclic) bond motifs is 1. The molecule has 0 aliphatic rings. The first kappa shape index (κ1) is 14.8. The third-order valence-corrected chi connectivity index (χ3v) is 3.09. The van der Waals surface area contributed by atoms with Crippen molar-refractivity contribution in [2.75, 3.05) is 19.4 Å². The van der Waals surface area contributed by atoms with Crippen LogP contribution in [0, 0.1) is 6.92 Å². The summed E-state index contributed by atoms with van der Waals surface area (Å²) >= 11 is 0. The van der Waals surface area contributed by atoms with E-state index in [2.05, 4.69) is 15.0 Å². The van der Waals surface area contributed by atoms with Crippen molar-refractivity contribution < 1.29 is 14.3 Å². The van der Waals surface area contributed by atoms with Crippen LogP contribution >= 0.6 is 0 Å². The van der Waals surface area contributed by atoms with Crippen LogP contribution in [0.3, 0.4) is 0 Å². The van der Waals surface area contributed by atoms with Crippen LogP contribution in [0.25, 0.3) is 10.8 Å². The van der Waals surface area contributed by atoms with Crippen LogP contribution in [0.4, 0.5) is 5.69 Å². The molecule has 0 aliphatic heterocycles. The molecule has 6 nitrogen and oxygen atoms in total. The highest BCUT2D eigenvalue weighted by molar-refractivity contribution is 6.08. The van der Waals surface area contributed by atoms with Gasteiger partial charge in [0.2, 0.25) is 0 Å². The number of nitrogens with two attached hydrogens (primary N) is 1. The first-order valence-electron chi connectivity index (χ1n) is 6.53. The van der Waals surface area contributed by atoms with Crippen molar-refractivity contribution in [1.82, 2.24) is 10.3 Å². The number of anilines is 1. The lowest BCUT2D eigenvalue weighted by molar-refractivity contribution is -0.140. The topological polar surface area (TPSA) is 94.3 Å². The van der Waals surface area contributed by atoms with E-state index in [4.69, 9.17) is 5.73 Å². The van der Waals surface area contributed by atoms with E-state index in [9.17, 15) is 9.59 Å². The lowest BCUT2D eigenvalue weighted by Gasteiger charge is -2.09. The normalized spacial score (nSPS) is 10.4. The molecule has 0 atom stereocenters. The summed E-state index contributed by atoms with van der Waals surface area (Å²) in [5, 5.41) is 4.15. The van der Waals surface area contributed by atoms with Crippen molar-refractivity contribution in [3.63, 3.8) is 0 Å². The molecule has 0 aliphatic carbocycles. The number of aromatic nitrogens is 1. The maximum Gasteiger partial charge on any atom is 0.307 e. The lowest BCUT2D eigenvalue weighted by Crippen LogP contribution is -2.27. The fourth-order valence-corrected chi connectivity index (χ4v) is 2.07. The SMILES string of the molecule is COC(=O)CCNC(=O)c1nc(C)cc2c(N)cccc12. The molecule has 0 saturated carbocycles. The number of esters is 1. The first-order valence-corrected chi connectivity index (χ1v) is 6.53. The van der Waals surface area contributed by atoms with Crippen LogP contribution in [-0.4, -0.2) is 30.5 Å². The van der Waals surface area contributed by atoms with Crippen LogP contribution in [0.15, 0.2) is 24.3 Å². The summed E-state index contributed by atoms with van der Waals surface area (Å²) < 4.78 is 4.52. The van der Waals surface area contributed by atoms with Gasteiger partial charge in [-0.3, -0.25) is 9.59 Å². The first-order chi connectivity index (χ1) is 10.0. The third kappa shape index (κ3) is 3.28. The summed E-state index contributed by atoms with van der Waals surface area (Å²) in [6.45, 7) is 2.00. The van der Waals surface area contributed by atoms with E-state index in [0.29, 0.717) is 22.5 Å². The number of pyridine rings is 1. The monoisotopic (exact) mass is 287 g/mol. The van der Waals surface area contributed by atoms with Gasteiger partial charge < -0.3 is 15.8 Å². The number of nitrogens with zero attached hydrogens (tertiary/aromatic N) is 1. The van der Waals surface area contributed by atoms with Crippen LogP contribution in [0.5, 0.6) is 0 Å². The van der Waals surface area contributed by atoms with Crippen molar-refractivity contribution in [1.29, 1.82) is 0 Å². The molecule has 1 aromatic carbocycles. The Balaban J connectivity index is 2.27. The average Bonchev–Trinajstić information content (AvgIpc) is 2.47. The molecule has 1 amide bonds. The number of methoxy groups -OCH3 is 1. The number of aryl methyl sites for hydroxylation is 1. The maximum atomic E-state index is 12.2. The number of ether oxygens (including phenoxy) is 1. The minimum Gasteiger partial charge on any atom is -0.469 e. The second-order valence-electron chi connectivity index (χ2n) is 4.64. The molecule has 0 fully saturated rings. The van der Waals surface area contributed by atoms with E-state index < -0.39 is 0 Å². The second kappa shape index (κ2) is 6.21. The molecule has 21 heavy (non-hydrogen) atoms. The highest BCUT2D eigenvalue weighted by Crippen LogP contribution is 2.23. The lowest BCUT2D eigenvalue weighted by atomic mass is 10.1. The van der Waals surface area contributed by atoms with Gasteiger partial charge in [0.15, 0.2) is 0 Å². The molecule has 2 rings (SSSR count). The van der Waals surface area contributed by atoms with Crippen LogP contribution < -0.4 is 11.1 Å². The fourth-order valence-electron chi connectivity index (χ4n) is 2.07. The Morgan fingerprint density at radius 2 is 2.10 bits per heavy atom. The van der Waals surface area contributed by atoms with Gasteiger partial charge in [-0.15, -0.1) is 0 Å². The summed E-state index contributed by atoms with van der Waals surface area (Å²) in [5.74, 6) is -0.709. The minimum atomic E-state index is -0.374. The van der Waals surface area contributed by atoms with Crippen molar-refractivity contribution in [2.45, 2.75) is 13.3 Å². The Morgan fingerprint density at radius 3 is 2.81 bits per heavy atom. The van der Waals surface area contributed by atoms with Gasteiger partial charge in [-0.05, 0) is 19.1 Å². The van der Waals surface area contributed by atoms with Gasteiger partial charge in [-0.2, -0.15) is 0 Å². The number of rotatable bonds is 4. The van der Waals surface area contributed by atoms with Crippen molar-refractivity contribution >= 4 is 28.3 Å². The van der Waals surface area contributed by atoms with Crippen molar-refractivity contribution in [3.8, 4) is 0 Å². The third-order valence-electron chi connectivity index (χ3n) is 3.09. The molecule has 110 valence electrons. The summed E-state index contributed by atoms with van der Waals surface area (Å²) in [5.41, 5.74) is 7.54. The molecule has 6 heteroatoms. The van der Waals surface area contributed by atoms with Gasteiger partial charge >= 0.3 is 5.97 Å². The summed E-state index contributed by atoms with van der Waals surface area (Å²) in [6, 6.07) is 7.20. The number of nitrogen functional groups attached to an aromatic ring is 1. The Labute approximate surface area is 122 Å². The van der Waals surface area contributed by atoms with E-state index >= 15 is 0 Å². The molecule has 1 heterocycles. The smallest absolute Gasteiger partial charge is 0.307 e. The Kier molecular flexibility index (Phi) is 4.37. The molecule has 0 spiro atoms. The summed E-state index contributed by atoms with van der Waals surface area (Å²) in [6.07, 6.45) is 0.119. The quantitative estimate of drug-likeness (QED) is 0.655. The highest BCUT2D eigenvalue weighted by Gasteiger charge is 2.14. The van der Waals surface area contributed by atoms with E-state index in [-0.39, 0.29) is 24.8 Å². The van der Waals surface area contributed by atoms with Crippen LogP contribution in [0.1, 0.15) is 22.6 Å². The van der Waals surface area contributed by atoms with Gasteiger partial charge in [0.25, 0.3) is 5.91 Å². The second-order valence-corrected chi connectivity index (χ2v) is 4.64. The molecular formula is C15H17N3O3. The standard InChI is InChI=1S/C15H17N3O3/c1-9-8-11-10(4-3-5-12(11)16)14(18-9)15(20)17-7-6-13(19)21-2/h3-5,8H,6-7,16H2,1-2H3,(H,17,20). The van der Waals surface area contributed by atoms with E-state index in [1.165, 1.54) is 7.11 Å². The van der Waals surface area contributed by atoms with Gasteiger partial charge in [0.05, 0.1) is 13.5 Å². The molecule has 3 N–H and O–H groups in total. The summed E-state index contributed by atoms with van der Waals surface area (Å²) in [4.78, 5) is 27.5. The molecule has 0 radical (unpaired) electrons. The Morgan fingerprint density at radius 1 is 1.33 bits per heavy atom. The van der Waals surface area contributed by atoms with Gasteiger partial charge in [-0.1, -0.05) is 12.1 Å². The number of hydrogen-bond acceptors (Lipinski definition) is 5. The van der Waals surface area contributed by atoms with Gasteiger partial charge in [0.1, 0.15) is 5.69 Å². The number of hydrogen-bond donors (Lipinski definition) is 2. The molecule has 2 aromatic rings. The number of amides is 1. The average molecular weight is 287 g/mol. The molecular weight excluding hydrogens is 270 g/mol. The Bertz CT molecular complexity index is 698. The zero-order valence-electron chi connectivity index (χ0n) is 12.0. The number of benzene rings is 1. The zero-order valence-corrected chi connectivity index (χ0v) is 12.0. The predicted octanol–water partition coefficient (Wildman–Crippen LogP) is 1.42. The van der Waals surface area contributed by atoms with Crippen molar-refractivity contribution in [3.05, 3.63) is 35.7 Å². The number of carbonyl (C=O) groups is 2. The maximum absolute atomic E-state index is 12.2. The number of nitrogens with one attached hydrogen (secondary N) is 1. The highest BCUT2D eigenvalue weighted by atomic mass is 16.5. The van der Waals surface area contributed by atoms with Crippen LogP contribution in [-0.2, 0) is 9.53 Å². The van der Waals surface area contributed by atoms with Gasteiger partial charge in [-0.25, -0.2) is 4.98 Å².